The number of para-hydroxylation sites is 1. The van der Waals surface area contributed by atoms with Crippen LogP contribution >= 0.6 is 11.6 Å². The van der Waals surface area contributed by atoms with Crippen molar-refractivity contribution in [2.24, 2.45) is 0 Å². The molecule has 2 N–H and O–H groups in total. The molecule has 0 spiro atoms. The van der Waals surface area contributed by atoms with E-state index >= 15 is 0 Å². The van der Waals surface area contributed by atoms with Crippen LogP contribution in [0.4, 0.5) is 11.5 Å². The normalized spacial score (nSPS) is 10.2. The number of nitrogens with zero attached hydrogens (tertiary/aromatic N) is 3. The van der Waals surface area contributed by atoms with E-state index in [1.54, 1.807) is 36.7 Å². The highest BCUT2D eigenvalue weighted by Crippen LogP contribution is 2.20. The number of carbonyl (C=O) groups is 1. The molecule has 0 fully saturated rings. The van der Waals surface area contributed by atoms with Gasteiger partial charge in [0.15, 0.2) is 0 Å². The lowest BCUT2D eigenvalue weighted by molar-refractivity contribution is 0.102. The second kappa shape index (κ2) is 7.52. The fourth-order valence-electron chi connectivity index (χ4n) is 1.98. The van der Waals surface area contributed by atoms with Crippen molar-refractivity contribution < 1.29 is 4.79 Å². The van der Waals surface area contributed by atoms with E-state index in [2.05, 4.69) is 25.6 Å². The Kier molecular flexibility index (Phi) is 4.98. The Morgan fingerprint density at radius 1 is 1.04 bits per heavy atom. The van der Waals surface area contributed by atoms with E-state index in [1.807, 2.05) is 12.1 Å². The molecule has 3 rings (SSSR count). The largest absolute Gasteiger partial charge is 0.365 e. The molecule has 7 heteroatoms. The summed E-state index contributed by atoms with van der Waals surface area (Å²) in [6.45, 7) is 0.600. The summed E-state index contributed by atoms with van der Waals surface area (Å²) < 4.78 is 0. The summed E-state index contributed by atoms with van der Waals surface area (Å²) in [5.74, 6) is 0.220. The highest BCUT2D eigenvalue weighted by molar-refractivity contribution is 6.33. The van der Waals surface area contributed by atoms with Crippen molar-refractivity contribution in [3.05, 3.63) is 77.5 Å². The van der Waals surface area contributed by atoms with Crippen LogP contribution in [0.25, 0.3) is 0 Å². The van der Waals surface area contributed by atoms with Gasteiger partial charge in [-0.15, -0.1) is 0 Å². The number of nitrogens with one attached hydrogen (secondary N) is 2. The monoisotopic (exact) mass is 339 g/mol. The molecule has 0 aliphatic rings. The van der Waals surface area contributed by atoms with E-state index in [0.717, 1.165) is 5.56 Å². The SMILES string of the molecule is O=C(Nc1ccccc1Cl)c1cnc(NCc2ccncc2)cn1. The van der Waals surface area contributed by atoms with Gasteiger partial charge in [-0.2, -0.15) is 0 Å². The topological polar surface area (TPSA) is 79.8 Å². The first-order valence-corrected chi connectivity index (χ1v) is 7.61. The van der Waals surface area contributed by atoms with Gasteiger partial charge < -0.3 is 10.6 Å². The van der Waals surface area contributed by atoms with E-state index in [-0.39, 0.29) is 11.6 Å². The van der Waals surface area contributed by atoms with Crippen LogP contribution in [-0.4, -0.2) is 20.9 Å². The highest BCUT2D eigenvalue weighted by atomic mass is 35.5. The minimum Gasteiger partial charge on any atom is -0.365 e. The molecule has 0 aliphatic heterocycles. The van der Waals surface area contributed by atoms with Crippen LogP contribution in [0.15, 0.2) is 61.2 Å². The number of halogens is 1. The summed E-state index contributed by atoms with van der Waals surface area (Å²) in [4.78, 5) is 24.4. The molecular weight excluding hydrogens is 326 g/mol. The number of hydrogen-bond donors (Lipinski definition) is 2. The summed E-state index contributed by atoms with van der Waals surface area (Å²) in [6.07, 6.45) is 6.39. The van der Waals surface area contributed by atoms with Crippen molar-refractivity contribution in [1.82, 2.24) is 15.0 Å². The first kappa shape index (κ1) is 15.9. The lowest BCUT2D eigenvalue weighted by Gasteiger charge is -2.08. The van der Waals surface area contributed by atoms with Gasteiger partial charge in [0.25, 0.3) is 5.91 Å². The molecule has 1 aromatic carbocycles. The molecular formula is C17H14ClN5O. The third-order valence-corrected chi connectivity index (χ3v) is 3.56. The first-order chi connectivity index (χ1) is 11.7. The summed E-state index contributed by atoms with van der Waals surface area (Å²) in [6, 6.07) is 10.8. The molecule has 0 saturated heterocycles. The average Bonchev–Trinajstić information content (AvgIpc) is 2.63. The van der Waals surface area contributed by atoms with Gasteiger partial charge in [0, 0.05) is 18.9 Å². The van der Waals surface area contributed by atoms with Gasteiger partial charge in [-0.05, 0) is 29.8 Å². The number of hydrogen-bond acceptors (Lipinski definition) is 5. The van der Waals surface area contributed by atoms with E-state index in [0.29, 0.717) is 23.1 Å². The third-order valence-electron chi connectivity index (χ3n) is 3.23. The number of rotatable bonds is 5. The molecule has 24 heavy (non-hydrogen) atoms. The number of carbonyl (C=O) groups excluding carboxylic acids is 1. The molecule has 6 nitrogen and oxygen atoms in total. The van der Waals surface area contributed by atoms with Gasteiger partial charge in [-0.1, -0.05) is 23.7 Å². The summed E-state index contributed by atoms with van der Waals surface area (Å²) >= 11 is 6.02. The second-order valence-electron chi connectivity index (χ2n) is 4.93. The van der Waals surface area contributed by atoms with Crippen LogP contribution in [0.2, 0.25) is 5.02 Å². The standard InChI is InChI=1S/C17H14ClN5O/c18-13-3-1-2-4-14(13)23-17(24)15-10-22-16(11-20-15)21-9-12-5-7-19-8-6-12/h1-8,10-11H,9H2,(H,21,22)(H,23,24). The van der Waals surface area contributed by atoms with Gasteiger partial charge in [0.2, 0.25) is 0 Å². The maximum absolute atomic E-state index is 12.2. The predicted octanol–water partition coefficient (Wildman–Crippen LogP) is 3.39. The van der Waals surface area contributed by atoms with Gasteiger partial charge in [-0.3, -0.25) is 9.78 Å². The average molecular weight is 340 g/mol. The van der Waals surface area contributed by atoms with Gasteiger partial charge >= 0.3 is 0 Å². The maximum Gasteiger partial charge on any atom is 0.275 e. The molecule has 0 atom stereocenters. The van der Waals surface area contributed by atoms with Crippen molar-refractivity contribution in [2.75, 3.05) is 10.6 Å². The summed E-state index contributed by atoms with van der Waals surface area (Å²) in [5, 5.41) is 6.30. The van der Waals surface area contributed by atoms with Crippen LogP contribution < -0.4 is 10.6 Å². The smallest absolute Gasteiger partial charge is 0.275 e. The minimum absolute atomic E-state index is 0.212. The van der Waals surface area contributed by atoms with Crippen LogP contribution in [-0.2, 0) is 6.54 Å². The Hall–Kier alpha value is -2.99. The van der Waals surface area contributed by atoms with Crippen molar-refractivity contribution >= 4 is 29.0 Å². The Balaban J connectivity index is 1.61. The molecule has 1 amide bonds. The van der Waals surface area contributed by atoms with Crippen LogP contribution in [0.1, 0.15) is 16.1 Å². The van der Waals surface area contributed by atoms with Crippen LogP contribution in [0.3, 0.4) is 0 Å². The van der Waals surface area contributed by atoms with Gasteiger partial charge in [0.05, 0.1) is 23.1 Å². The first-order valence-electron chi connectivity index (χ1n) is 7.23. The maximum atomic E-state index is 12.2. The second-order valence-corrected chi connectivity index (χ2v) is 5.34. The van der Waals surface area contributed by atoms with Crippen molar-refractivity contribution in [1.29, 1.82) is 0 Å². The van der Waals surface area contributed by atoms with E-state index in [1.165, 1.54) is 12.4 Å². The number of aromatic nitrogens is 3. The van der Waals surface area contributed by atoms with E-state index in [9.17, 15) is 4.79 Å². The third kappa shape index (κ3) is 4.05. The molecule has 3 aromatic rings. The van der Waals surface area contributed by atoms with Crippen molar-refractivity contribution in [2.45, 2.75) is 6.54 Å². The Bertz CT molecular complexity index is 824. The van der Waals surface area contributed by atoms with Crippen LogP contribution in [0.5, 0.6) is 0 Å². The summed E-state index contributed by atoms with van der Waals surface area (Å²) in [7, 11) is 0. The fraction of sp³-hybridized carbons (Fsp3) is 0.0588. The molecule has 0 saturated carbocycles. The molecule has 2 heterocycles. The zero-order chi connectivity index (χ0) is 16.8. The minimum atomic E-state index is -0.365. The molecule has 0 aliphatic carbocycles. The Labute approximate surface area is 143 Å². The molecule has 0 bridgehead atoms. The quantitative estimate of drug-likeness (QED) is 0.744. The zero-order valence-electron chi connectivity index (χ0n) is 12.6. The van der Waals surface area contributed by atoms with Crippen molar-refractivity contribution in [3.63, 3.8) is 0 Å². The highest BCUT2D eigenvalue weighted by Gasteiger charge is 2.10. The molecule has 120 valence electrons. The Morgan fingerprint density at radius 2 is 1.83 bits per heavy atom. The number of pyridine rings is 1. The molecule has 0 radical (unpaired) electrons. The number of amides is 1. The molecule has 0 unspecified atom stereocenters. The van der Waals surface area contributed by atoms with Crippen molar-refractivity contribution in [3.8, 4) is 0 Å². The number of anilines is 2. The fourth-order valence-corrected chi connectivity index (χ4v) is 2.16. The lowest BCUT2D eigenvalue weighted by Crippen LogP contribution is -2.14. The van der Waals surface area contributed by atoms with Gasteiger partial charge in [0.1, 0.15) is 11.5 Å². The van der Waals surface area contributed by atoms with E-state index < -0.39 is 0 Å². The van der Waals surface area contributed by atoms with Gasteiger partial charge in [-0.25, -0.2) is 9.97 Å². The molecule has 2 aromatic heterocycles. The van der Waals surface area contributed by atoms with Crippen LogP contribution in [0, 0.1) is 0 Å². The zero-order valence-corrected chi connectivity index (χ0v) is 13.4. The summed E-state index contributed by atoms with van der Waals surface area (Å²) in [5.41, 5.74) is 1.82. The lowest BCUT2D eigenvalue weighted by atomic mass is 10.3. The number of benzene rings is 1. The Morgan fingerprint density at radius 3 is 2.54 bits per heavy atom. The predicted molar refractivity (Wildman–Crippen MR) is 93.0 cm³/mol. The van der Waals surface area contributed by atoms with E-state index in [4.69, 9.17) is 11.6 Å².